The molecular formula is C14H20BrNO. The van der Waals surface area contributed by atoms with Gasteiger partial charge in [-0.3, -0.25) is 0 Å². The minimum atomic E-state index is -0.527. The Morgan fingerprint density at radius 1 is 1.41 bits per heavy atom. The van der Waals surface area contributed by atoms with Gasteiger partial charge >= 0.3 is 0 Å². The van der Waals surface area contributed by atoms with Gasteiger partial charge in [0.2, 0.25) is 0 Å². The summed E-state index contributed by atoms with van der Waals surface area (Å²) in [6.07, 6.45) is 2.14. The van der Waals surface area contributed by atoms with Crippen LogP contribution in [0.2, 0.25) is 0 Å². The first kappa shape index (κ1) is 12.9. The summed E-state index contributed by atoms with van der Waals surface area (Å²) in [5.74, 6) is 0.300. The lowest BCUT2D eigenvalue weighted by molar-refractivity contribution is 0.435. The SMILES string of the molecule is CC(C)(N)c1cc2c(c(Br)c1O)CCC2(C)C. The van der Waals surface area contributed by atoms with E-state index in [1.54, 1.807) is 0 Å². The van der Waals surface area contributed by atoms with E-state index in [1.165, 1.54) is 11.1 Å². The van der Waals surface area contributed by atoms with Crippen LogP contribution in [0.25, 0.3) is 0 Å². The largest absolute Gasteiger partial charge is 0.506 e. The molecule has 0 atom stereocenters. The topological polar surface area (TPSA) is 46.2 Å². The molecule has 17 heavy (non-hydrogen) atoms. The smallest absolute Gasteiger partial charge is 0.135 e. The summed E-state index contributed by atoms with van der Waals surface area (Å²) in [6, 6.07) is 2.09. The van der Waals surface area contributed by atoms with Gasteiger partial charge in [0.05, 0.1) is 4.47 Å². The molecule has 0 saturated carbocycles. The average Bonchev–Trinajstić information content (AvgIpc) is 2.46. The second-order valence-corrected chi connectivity index (χ2v) is 7.01. The van der Waals surface area contributed by atoms with Crippen molar-refractivity contribution in [1.29, 1.82) is 0 Å². The number of hydrogen-bond donors (Lipinski definition) is 2. The van der Waals surface area contributed by atoms with E-state index in [-0.39, 0.29) is 5.41 Å². The second kappa shape index (κ2) is 3.72. The Bertz CT molecular complexity index is 471. The van der Waals surface area contributed by atoms with Crippen molar-refractivity contribution in [1.82, 2.24) is 0 Å². The third-order valence-corrected chi connectivity index (χ3v) is 4.62. The lowest BCUT2D eigenvalue weighted by Gasteiger charge is -2.26. The monoisotopic (exact) mass is 297 g/mol. The Kier molecular flexibility index (Phi) is 2.83. The van der Waals surface area contributed by atoms with Crippen LogP contribution in [0.3, 0.4) is 0 Å². The number of hydrogen-bond acceptors (Lipinski definition) is 2. The second-order valence-electron chi connectivity index (χ2n) is 6.22. The minimum absolute atomic E-state index is 0.172. The van der Waals surface area contributed by atoms with E-state index >= 15 is 0 Å². The van der Waals surface area contributed by atoms with E-state index in [4.69, 9.17) is 5.73 Å². The van der Waals surface area contributed by atoms with Gasteiger partial charge in [-0.2, -0.15) is 0 Å². The molecule has 0 saturated heterocycles. The molecule has 1 aliphatic carbocycles. The molecule has 0 aromatic heterocycles. The van der Waals surface area contributed by atoms with Gasteiger partial charge in [0.15, 0.2) is 0 Å². The van der Waals surface area contributed by atoms with Crippen molar-refractivity contribution in [2.75, 3.05) is 0 Å². The van der Waals surface area contributed by atoms with E-state index in [0.717, 1.165) is 22.9 Å². The maximum atomic E-state index is 10.2. The molecule has 0 spiro atoms. The molecule has 0 radical (unpaired) electrons. The molecular weight excluding hydrogens is 278 g/mol. The number of aromatic hydroxyl groups is 1. The molecule has 0 heterocycles. The number of rotatable bonds is 1. The van der Waals surface area contributed by atoms with Crippen molar-refractivity contribution >= 4 is 15.9 Å². The third kappa shape index (κ3) is 2.00. The van der Waals surface area contributed by atoms with Crippen LogP contribution in [0.4, 0.5) is 0 Å². The lowest BCUT2D eigenvalue weighted by atomic mass is 9.83. The Labute approximate surface area is 111 Å². The fraction of sp³-hybridized carbons (Fsp3) is 0.571. The van der Waals surface area contributed by atoms with Gasteiger partial charge in [0.25, 0.3) is 0 Å². The summed E-state index contributed by atoms with van der Waals surface area (Å²) in [5.41, 5.74) is 9.14. The van der Waals surface area contributed by atoms with Crippen LogP contribution in [0.1, 0.15) is 50.8 Å². The molecule has 2 nitrogen and oxygen atoms in total. The molecule has 3 heteroatoms. The van der Waals surface area contributed by atoms with Gasteiger partial charge in [-0.1, -0.05) is 13.8 Å². The maximum Gasteiger partial charge on any atom is 0.135 e. The molecule has 3 N–H and O–H groups in total. The van der Waals surface area contributed by atoms with Crippen molar-refractivity contribution in [2.24, 2.45) is 5.73 Å². The van der Waals surface area contributed by atoms with Crippen molar-refractivity contribution in [3.05, 3.63) is 27.2 Å². The van der Waals surface area contributed by atoms with Crippen LogP contribution in [0.15, 0.2) is 10.5 Å². The molecule has 1 aromatic rings. The van der Waals surface area contributed by atoms with Gasteiger partial charge in [-0.25, -0.2) is 0 Å². The summed E-state index contributed by atoms with van der Waals surface area (Å²) in [6.45, 7) is 8.33. The van der Waals surface area contributed by atoms with Crippen LogP contribution < -0.4 is 5.73 Å². The third-order valence-electron chi connectivity index (χ3n) is 3.77. The van der Waals surface area contributed by atoms with Crippen LogP contribution >= 0.6 is 15.9 Å². The van der Waals surface area contributed by atoms with Crippen molar-refractivity contribution in [3.8, 4) is 5.75 Å². The quantitative estimate of drug-likeness (QED) is 0.832. The van der Waals surface area contributed by atoms with Crippen LogP contribution in [0.5, 0.6) is 5.75 Å². The Hall–Kier alpha value is -0.540. The maximum absolute atomic E-state index is 10.2. The summed E-state index contributed by atoms with van der Waals surface area (Å²) >= 11 is 3.52. The van der Waals surface area contributed by atoms with Gasteiger partial charge in [0, 0.05) is 11.1 Å². The molecule has 2 rings (SSSR count). The van der Waals surface area contributed by atoms with Gasteiger partial charge in [-0.05, 0) is 65.2 Å². The van der Waals surface area contributed by atoms with Gasteiger partial charge in [0.1, 0.15) is 5.75 Å². The predicted octanol–water partition coefficient (Wildman–Crippen LogP) is 3.57. The van der Waals surface area contributed by atoms with Gasteiger partial charge < -0.3 is 10.8 Å². The Morgan fingerprint density at radius 2 is 2.00 bits per heavy atom. The van der Waals surface area contributed by atoms with Crippen LogP contribution in [-0.2, 0) is 17.4 Å². The minimum Gasteiger partial charge on any atom is -0.506 e. The van der Waals surface area contributed by atoms with Crippen molar-refractivity contribution in [3.63, 3.8) is 0 Å². The first-order valence-electron chi connectivity index (χ1n) is 5.99. The number of benzene rings is 1. The van der Waals surface area contributed by atoms with E-state index in [1.807, 2.05) is 13.8 Å². The van der Waals surface area contributed by atoms with E-state index < -0.39 is 5.54 Å². The highest BCUT2D eigenvalue weighted by Crippen LogP contribution is 2.47. The first-order chi connectivity index (χ1) is 7.64. The lowest BCUT2D eigenvalue weighted by Crippen LogP contribution is -2.29. The number of phenols is 1. The van der Waals surface area contributed by atoms with E-state index in [2.05, 4.69) is 35.8 Å². The molecule has 1 aliphatic rings. The zero-order valence-corrected chi connectivity index (χ0v) is 12.5. The normalized spacial score (nSPS) is 18.2. The van der Waals surface area contributed by atoms with E-state index in [0.29, 0.717) is 5.75 Å². The predicted molar refractivity (Wildman–Crippen MR) is 74.4 cm³/mol. The summed E-state index contributed by atoms with van der Waals surface area (Å²) in [5, 5.41) is 10.2. The summed E-state index contributed by atoms with van der Waals surface area (Å²) in [4.78, 5) is 0. The molecule has 1 aromatic carbocycles. The fourth-order valence-corrected chi connectivity index (χ4v) is 3.22. The standard InChI is InChI=1S/C14H20BrNO/c1-13(2)6-5-8-9(13)7-10(14(3,4)16)12(17)11(8)15/h7,17H,5-6,16H2,1-4H3. The number of halogens is 1. The molecule has 0 amide bonds. The van der Waals surface area contributed by atoms with E-state index in [9.17, 15) is 5.11 Å². The highest BCUT2D eigenvalue weighted by molar-refractivity contribution is 9.10. The van der Waals surface area contributed by atoms with Crippen LogP contribution in [0, 0.1) is 0 Å². The molecule has 0 bridgehead atoms. The molecule has 94 valence electrons. The fourth-order valence-electron chi connectivity index (χ4n) is 2.59. The molecule has 0 fully saturated rings. The first-order valence-corrected chi connectivity index (χ1v) is 6.78. The van der Waals surface area contributed by atoms with Gasteiger partial charge in [-0.15, -0.1) is 0 Å². The number of phenolic OH excluding ortho intramolecular Hbond substituents is 1. The summed E-state index contributed by atoms with van der Waals surface area (Å²) in [7, 11) is 0. The van der Waals surface area contributed by atoms with Crippen molar-refractivity contribution < 1.29 is 5.11 Å². The highest BCUT2D eigenvalue weighted by Gasteiger charge is 2.34. The van der Waals surface area contributed by atoms with Crippen LogP contribution in [-0.4, -0.2) is 5.11 Å². The zero-order valence-electron chi connectivity index (χ0n) is 10.9. The Morgan fingerprint density at radius 3 is 2.53 bits per heavy atom. The van der Waals surface area contributed by atoms with Crippen molar-refractivity contribution in [2.45, 2.75) is 51.5 Å². The Balaban J connectivity index is 2.72. The average molecular weight is 298 g/mol. The number of fused-ring (bicyclic) bond motifs is 1. The molecule has 0 unspecified atom stereocenters. The summed E-state index contributed by atoms with van der Waals surface area (Å²) < 4.78 is 0.828. The highest BCUT2D eigenvalue weighted by atomic mass is 79.9. The zero-order chi connectivity index (χ0) is 13.0. The number of nitrogens with two attached hydrogens (primary N) is 1. The molecule has 0 aliphatic heterocycles.